The van der Waals surface area contributed by atoms with Crippen molar-refractivity contribution in [1.82, 2.24) is 28.3 Å². The van der Waals surface area contributed by atoms with Crippen LogP contribution < -0.4 is 11.2 Å². The molecule has 4 rings (SSSR count). The van der Waals surface area contributed by atoms with E-state index in [2.05, 4.69) is 10.2 Å². The van der Waals surface area contributed by atoms with Crippen molar-refractivity contribution in [1.29, 1.82) is 0 Å². The number of aromatic nitrogens is 6. The molecule has 27 heavy (non-hydrogen) atoms. The Labute approximate surface area is 157 Å². The van der Waals surface area contributed by atoms with E-state index in [0.29, 0.717) is 5.78 Å². The number of benzene rings is 1. The first-order chi connectivity index (χ1) is 12.8. The summed E-state index contributed by atoms with van der Waals surface area (Å²) in [5.41, 5.74) is -0.339. The summed E-state index contributed by atoms with van der Waals surface area (Å²) in [6, 6.07) is 4.15. The first kappa shape index (κ1) is 17.5. The van der Waals surface area contributed by atoms with Crippen LogP contribution in [0.25, 0.3) is 28.3 Å². The minimum Gasteiger partial charge on any atom is -0.300 e. The average Bonchev–Trinajstić information content (AvgIpc) is 3.16. The number of rotatable bonds is 2. The zero-order valence-corrected chi connectivity index (χ0v) is 15.8. The number of halogens is 2. The molecule has 0 saturated carbocycles. The zero-order chi connectivity index (χ0) is 19.6. The topological polar surface area (TPSA) is 79.1 Å². The Morgan fingerprint density at radius 1 is 1.11 bits per heavy atom. The standard InChI is InChI=1S/C17H16ClFN6O2/c1-8(2)24-12-14(22(3)17(27)23(4)15(12)26)25-13(20-21-16(24)25)11-9(18)6-5-7-10(11)19/h5-8H,1-4H3. The molecule has 3 heterocycles. The summed E-state index contributed by atoms with van der Waals surface area (Å²) in [6.45, 7) is 3.77. The first-order valence-electron chi connectivity index (χ1n) is 8.25. The van der Waals surface area contributed by atoms with Gasteiger partial charge < -0.3 is 0 Å². The van der Waals surface area contributed by atoms with Gasteiger partial charge in [0.15, 0.2) is 17.0 Å². The molecule has 140 valence electrons. The highest BCUT2D eigenvalue weighted by molar-refractivity contribution is 6.33. The number of imidazole rings is 1. The second kappa shape index (κ2) is 5.78. The molecule has 4 aromatic rings. The lowest BCUT2D eigenvalue weighted by atomic mass is 10.2. The maximum Gasteiger partial charge on any atom is 0.332 e. The third-order valence-electron chi connectivity index (χ3n) is 4.63. The summed E-state index contributed by atoms with van der Waals surface area (Å²) >= 11 is 6.21. The summed E-state index contributed by atoms with van der Waals surface area (Å²) in [5.74, 6) is -0.121. The summed E-state index contributed by atoms with van der Waals surface area (Å²) in [5, 5.41) is 8.43. The van der Waals surface area contributed by atoms with Crippen molar-refractivity contribution in [2.75, 3.05) is 0 Å². The van der Waals surface area contributed by atoms with Gasteiger partial charge in [-0.15, -0.1) is 10.2 Å². The predicted octanol–water partition coefficient (Wildman–Crippen LogP) is 2.12. The van der Waals surface area contributed by atoms with Gasteiger partial charge in [-0.25, -0.2) is 13.6 Å². The Bertz CT molecular complexity index is 1320. The van der Waals surface area contributed by atoms with E-state index in [-0.39, 0.29) is 33.6 Å². The molecule has 0 unspecified atom stereocenters. The van der Waals surface area contributed by atoms with E-state index in [0.717, 1.165) is 4.57 Å². The van der Waals surface area contributed by atoms with Crippen molar-refractivity contribution >= 4 is 28.5 Å². The maximum absolute atomic E-state index is 14.5. The lowest BCUT2D eigenvalue weighted by Crippen LogP contribution is -2.38. The number of fused-ring (bicyclic) bond motifs is 3. The molecular formula is C17H16ClFN6O2. The molecule has 0 bridgehead atoms. The minimum absolute atomic E-state index is 0.0580. The third-order valence-corrected chi connectivity index (χ3v) is 4.94. The van der Waals surface area contributed by atoms with E-state index in [1.807, 2.05) is 13.8 Å². The monoisotopic (exact) mass is 390 g/mol. The van der Waals surface area contributed by atoms with Gasteiger partial charge in [0.25, 0.3) is 5.56 Å². The first-order valence-corrected chi connectivity index (χ1v) is 8.63. The largest absolute Gasteiger partial charge is 0.332 e. The highest BCUT2D eigenvalue weighted by Crippen LogP contribution is 2.32. The molecule has 3 aromatic heterocycles. The van der Waals surface area contributed by atoms with E-state index in [1.165, 1.54) is 28.1 Å². The van der Waals surface area contributed by atoms with Crippen molar-refractivity contribution in [3.8, 4) is 11.4 Å². The second-order valence-electron chi connectivity index (χ2n) is 6.60. The van der Waals surface area contributed by atoms with E-state index < -0.39 is 17.1 Å². The van der Waals surface area contributed by atoms with Crippen LogP contribution in [0.15, 0.2) is 27.8 Å². The van der Waals surface area contributed by atoms with Gasteiger partial charge in [0.2, 0.25) is 5.78 Å². The zero-order valence-electron chi connectivity index (χ0n) is 15.1. The Hall–Kier alpha value is -2.94. The fraction of sp³-hybridized carbons (Fsp3) is 0.294. The Balaban J connectivity index is 2.33. The van der Waals surface area contributed by atoms with Crippen LogP contribution in [-0.4, -0.2) is 28.3 Å². The molecule has 0 saturated heterocycles. The molecule has 0 aliphatic carbocycles. The van der Waals surface area contributed by atoms with Crippen LogP contribution >= 0.6 is 11.6 Å². The van der Waals surface area contributed by atoms with Crippen LogP contribution in [0.2, 0.25) is 5.02 Å². The minimum atomic E-state index is -0.573. The van der Waals surface area contributed by atoms with Crippen molar-refractivity contribution in [3.63, 3.8) is 0 Å². The van der Waals surface area contributed by atoms with Crippen LogP contribution in [-0.2, 0) is 14.1 Å². The number of hydrogen-bond acceptors (Lipinski definition) is 4. The van der Waals surface area contributed by atoms with Gasteiger partial charge in [0.1, 0.15) is 5.82 Å². The van der Waals surface area contributed by atoms with Gasteiger partial charge in [-0.2, -0.15) is 0 Å². The van der Waals surface area contributed by atoms with Gasteiger partial charge in [-0.3, -0.25) is 18.5 Å². The van der Waals surface area contributed by atoms with Crippen LogP contribution in [0.1, 0.15) is 19.9 Å². The summed E-state index contributed by atoms with van der Waals surface area (Å²) in [4.78, 5) is 25.3. The second-order valence-corrected chi connectivity index (χ2v) is 7.00. The molecule has 0 N–H and O–H groups in total. The lowest BCUT2D eigenvalue weighted by molar-refractivity contribution is 0.622. The van der Waals surface area contributed by atoms with Crippen molar-refractivity contribution in [3.05, 3.63) is 49.9 Å². The molecule has 8 nitrogen and oxygen atoms in total. The van der Waals surface area contributed by atoms with Gasteiger partial charge in [0, 0.05) is 20.1 Å². The fourth-order valence-corrected chi connectivity index (χ4v) is 3.62. The summed E-state index contributed by atoms with van der Waals surface area (Å²) in [7, 11) is 2.96. The van der Waals surface area contributed by atoms with Gasteiger partial charge in [-0.05, 0) is 26.0 Å². The molecule has 0 fully saturated rings. The van der Waals surface area contributed by atoms with Crippen molar-refractivity contribution < 1.29 is 4.39 Å². The number of hydrogen-bond donors (Lipinski definition) is 0. The lowest BCUT2D eigenvalue weighted by Gasteiger charge is -2.09. The average molecular weight is 391 g/mol. The van der Waals surface area contributed by atoms with Gasteiger partial charge >= 0.3 is 5.69 Å². The molecule has 0 amide bonds. The van der Waals surface area contributed by atoms with Crippen molar-refractivity contribution in [2.24, 2.45) is 14.1 Å². The van der Waals surface area contributed by atoms with Crippen LogP contribution in [0, 0.1) is 5.82 Å². The Morgan fingerprint density at radius 3 is 2.44 bits per heavy atom. The van der Waals surface area contributed by atoms with E-state index >= 15 is 0 Å². The molecule has 1 aromatic carbocycles. The van der Waals surface area contributed by atoms with E-state index in [1.54, 1.807) is 17.7 Å². The van der Waals surface area contributed by atoms with E-state index in [9.17, 15) is 14.0 Å². The quantitative estimate of drug-likeness (QED) is 0.525. The van der Waals surface area contributed by atoms with Crippen LogP contribution in [0.4, 0.5) is 4.39 Å². The fourth-order valence-electron chi connectivity index (χ4n) is 3.37. The molecular weight excluding hydrogens is 375 g/mol. The third kappa shape index (κ3) is 2.21. The highest BCUT2D eigenvalue weighted by Gasteiger charge is 2.26. The van der Waals surface area contributed by atoms with Crippen LogP contribution in [0.3, 0.4) is 0 Å². The summed E-state index contributed by atoms with van der Waals surface area (Å²) < 4.78 is 20.1. The molecule has 0 aliphatic rings. The molecule has 0 radical (unpaired) electrons. The normalized spacial score (nSPS) is 12.0. The smallest absolute Gasteiger partial charge is 0.300 e. The van der Waals surface area contributed by atoms with E-state index in [4.69, 9.17) is 11.6 Å². The highest BCUT2D eigenvalue weighted by atomic mass is 35.5. The SMILES string of the molecule is CC(C)n1c2c(=O)n(C)c(=O)n(C)c2n2c(-c3c(F)cccc3Cl)nnc12. The number of aryl methyl sites for hydroxylation is 1. The van der Waals surface area contributed by atoms with Gasteiger partial charge in [0.05, 0.1) is 10.6 Å². The molecule has 0 aliphatic heterocycles. The van der Waals surface area contributed by atoms with Gasteiger partial charge in [-0.1, -0.05) is 17.7 Å². The number of nitrogens with zero attached hydrogens (tertiary/aromatic N) is 6. The predicted molar refractivity (Wildman–Crippen MR) is 99.8 cm³/mol. The molecule has 10 heteroatoms. The summed E-state index contributed by atoms with van der Waals surface area (Å²) in [6.07, 6.45) is 0. The Kier molecular flexibility index (Phi) is 3.74. The molecule has 0 spiro atoms. The molecule has 0 atom stereocenters. The maximum atomic E-state index is 14.5. The van der Waals surface area contributed by atoms with Crippen LogP contribution in [0.5, 0.6) is 0 Å². The Morgan fingerprint density at radius 2 is 1.81 bits per heavy atom. The van der Waals surface area contributed by atoms with Crippen molar-refractivity contribution in [2.45, 2.75) is 19.9 Å².